The molecule has 21 heavy (non-hydrogen) atoms. The van der Waals surface area contributed by atoms with Crippen molar-refractivity contribution in [1.82, 2.24) is 0 Å². The number of ether oxygens (including phenoxy) is 3. The molecule has 0 saturated carbocycles. The predicted molar refractivity (Wildman–Crippen MR) is 82.2 cm³/mol. The van der Waals surface area contributed by atoms with Crippen LogP contribution in [0, 0.1) is 0 Å². The number of rotatable bonds is 4. The zero-order valence-corrected chi connectivity index (χ0v) is 11.9. The number of benzene rings is 3. The summed E-state index contributed by atoms with van der Waals surface area (Å²) >= 11 is 0. The average molecular weight is 284 g/mol. The molecule has 4 heteroatoms. The van der Waals surface area contributed by atoms with Crippen LogP contribution < -0.4 is 9.47 Å². The second-order valence-corrected chi connectivity index (χ2v) is 4.74. The lowest BCUT2D eigenvalue weighted by Crippen LogP contribution is -1.98. The first-order valence-electron chi connectivity index (χ1n) is 6.58. The Labute approximate surface area is 122 Å². The molecule has 0 saturated heterocycles. The van der Waals surface area contributed by atoms with Gasteiger partial charge in [0.1, 0.15) is 17.2 Å². The molecule has 0 unspecified atom stereocenters. The third-order valence-corrected chi connectivity index (χ3v) is 3.45. The lowest BCUT2D eigenvalue weighted by Gasteiger charge is -2.10. The number of aromatic hydroxyl groups is 1. The Morgan fingerprint density at radius 1 is 0.857 bits per heavy atom. The van der Waals surface area contributed by atoms with Gasteiger partial charge in [-0.25, -0.2) is 0 Å². The number of fused-ring (bicyclic) bond motifs is 3. The van der Waals surface area contributed by atoms with Crippen LogP contribution in [0.25, 0.3) is 21.5 Å². The van der Waals surface area contributed by atoms with Crippen LogP contribution in [0.2, 0.25) is 0 Å². The fourth-order valence-electron chi connectivity index (χ4n) is 2.44. The summed E-state index contributed by atoms with van der Waals surface area (Å²) in [4.78, 5) is 0. The van der Waals surface area contributed by atoms with Crippen LogP contribution in [0.15, 0.2) is 42.5 Å². The maximum absolute atomic E-state index is 10.2. The number of phenolic OH excluding ortho intramolecular Hbond substituents is 1. The van der Waals surface area contributed by atoms with Crippen LogP contribution in [0.5, 0.6) is 17.2 Å². The summed E-state index contributed by atoms with van der Waals surface area (Å²) in [6.07, 6.45) is 0. The van der Waals surface area contributed by atoms with Gasteiger partial charge in [0.2, 0.25) is 0 Å². The summed E-state index contributed by atoms with van der Waals surface area (Å²) < 4.78 is 15.5. The smallest absolute Gasteiger partial charge is 0.188 e. The summed E-state index contributed by atoms with van der Waals surface area (Å²) in [6.45, 7) is 0.197. The maximum atomic E-state index is 10.2. The van der Waals surface area contributed by atoms with E-state index in [0.717, 1.165) is 27.3 Å². The molecule has 0 radical (unpaired) electrons. The number of hydrogen-bond donors (Lipinski definition) is 1. The van der Waals surface area contributed by atoms with Gasteiger partial charge in [-0.15, -0.1) is 0 Å². The van der Waals surface area contributed by atoms with Crippen LogP contribution in [0.4, 0.5) is 0 Å². The minimum atomic E-state index is 0.197. The molecule has 0 aliphatic heterocycles. The Bertz CT molecular complexity index is 795. The third-order valence-electron chi connectivity index (χ3n) is 3.45. The Balaban J connectivity index is 2.19. The molecule has 0 spiro atoms. The van der Waals surface area contributed by atoms with E-state index in [-0.39, 0.29) is 12.5 Å². The second-order valence-electron chi connectivity index (χ2n) is 4.74. The number of hydrogen-bond acceptors (Lipinski definition) is 4. The van der Waals surface area contributed by atoms with Gasteiger partial charge in [-0.05, 0) is 52.6 Å². The highest BCUT2D eigenvalue weighted by Gasteiger charge is 2.08. The quantitative estimate of drug-likeness (QED) is 0.586. The van der Waals surface area contributed by atoms with E-state index in [4.69, 9.17) is 14.2 Å². The lowest BCUT2D eigenvalue weighted by molar-refractivity contribution is 0.0512. The topological polar surface area (TPSA) is 47.9 Å². The van der Waals surface area contributed by atoms with Gasteiger partial charge in [0, 0.05) is 12.5 Å². The van der Waals surface area contributed by atoms with Crippen LogP contribution in [-0.2, 0) is 4.74 Å². The largest absolute Gasteiger partial charge is 0.507 e. The van der Waals surface area contributed by atoms with Gasteiger partial charge < -0.3 is 19.3 Å². The summed E-state index contributed by atoms with van der Waals surface area (Å²) in [5, 5.41) is 13.9. The minimum absolute atomic E-state index is 0.197. The normalized spacial score (nSPS) is 11.0. The van der Waals surface area contributed by atoms with E-state index >= 15 is 0 Å². The van der Waals surface area contributed by atoms with Crippen LogP contribution in [0.3, 0.4) is 0 Å². The Morgan fingerprint density at radius 2 is 1.62 bits per heavy atom. The molecule has 108 valence electrons. The SMILES string of the molecule is COCOc1ccc2c(c1)cc(O)c1cc(OC)ccc12. The van der Waals surface area contributed by atoms with Gasteiger partial charge in [-0.2, -0.15) is 0 Å². The molecule has 1 N–H and O–H groups in total. The highest BCUT2D eigenvalue weighted by molar-refractivity contribution is 6.10. The Kier molecular flexibility index (Phi) is 3.54. The second kappa shape index (κ2) is 5.50. The zero-order valence-electron chi connectivity index (χ0n) is 11.9. The Morgan fingerprint density at radius 3 is 2.38 bits per heavy atom. The van der Waals surface area contributed by atoms with E-state index in [0.29, 0.717) is 5.75 Å². The van der Waals surface area contributed by atoms with Gasteiger partial charge in [0.25, 0.3) is 0 Å². The molecule has 0 fully saturated rings. The van der Waals surface area contributed by atoms with Crippen molar-refractivity contribution in [2.45, 2.75) is 0 Å². The van der Waals surface area contributed by atoms with Crippen molar-refractivity contribution in [3.63, 3.8) is 0 Å². The molecule has 0 amide bonds. The Hall–Kier alpha value is -2.46. The standard InChI is InChI=1S/C17H16O4/c1-19-10-21-13-4-5-14-11(7-13)8-17(18)16-9-12(20-2)3-6-15(14)16/h3-9,18H,10H2,1-2H3. The molecule has 3 aromatic rings. The molecule has 0 bridgehead atoms. The van der Waals surface area contributed by atoms with Gasteiger partial charge in [0.05, 0.1) is 7.11 Å². The zero-order chi connectivity index (χ0) is 14.8. The summed E-state index contributed by atoms with van der Waals surface area (Å²) in [6, 6.07) is 13.2. The van der Waals surface area contributed by atoms with E-state index in [9.17, 15) is 5.11 Å². The first-order chi connectivity index (χ1) is 10.2. The van der Waals surface area contributed by atoms with E-state index in [1.165, 1.54) is 0 Å². The average Bonchev–Trinajstić information content (AvgIpc) is 2.52. The first-order valence-corrected chi connectivity index (χ1v) is 6.58. The summed E-state index contributed by atoms with van der Waals surface area (Å²) in [7, 11) is 3.19. The minimum Gasteiger partial charge on any atom is -0.507 e. The van der Waals surface area contributed by atoms with Crippen molar-refractivity contribution in [3.8, 4) is 17.2 Å². The lowest BCUT2D eigenvalue weighted by atomic mass is 10.0. The molecule has 0 atom stereocenters. The number of methoxy groups -OCH3 is 2. The highest BCUT2D eigenvalue weighted by atomic mass is 16.7. The van der Waals surface area contributed by atoms with Crippen molar-refractivity contribution >= 4 is 21.5 Å². The van der Waals surface area contributed by atoms with Crippen molar-refractivity contribution < 1.29 is 19.3 Å². The maximum Gasteiger partial charge on any atom is 0.188 e. The van der Waals surface area contributed by atoms with E-state index in [1.54, 1.807) is 20.3 Å². The van der Waals surface area contributed by atoms with Crippen LogP contribution in [0.1, 0.15) is 0 Å². The first kappa shape index (κ1) is 13.5. The molecule has 0 aliphatic carbocycles. The molecule has 3 rings (SSSR count). The highest BCUT2D eigenvalue weighted by Crippen LogP contribution is 2.36. The van der Waals surface area contributed by atoms with Crippen molar-refractivity contribution in [3.05, 3.63) is 42.5 Å². The van der Waals surface area contributed by atoms with E-state index in [1.807, 2.05) is 36.4 Å². The molecule has 0 aromatic heterocycles. The van der Waals surface area contributed by atoms with E-state index < -0.39 is 0 Å². The summed E-state index contributed by atoms with van der Waals surface area (Å²) in [5.41, 5.74) is 0. The molecule has 3 aromatic carbocycles. The van der Waals surface area contributed by atoms with Crippen LogP contribution >= 0.6 is 0 Å². The molecule has 0 heterocycles. The number of phenols is 1. The van der Waals surface area contributed by atoms with Gasteiger partial charge in [-0.1, -0.05) is 6.07 Å². The predicted octanol–water partition coefficient (Wildman–Crippen LogP) is 3.69. The van der Waals surface area contributed by atoms with Crippen LogP contribution in [-0.4, -0.2) is 26.1 Å². The van der Waals surface area contributed by atoms with E-state index in [2.05, 4.69) is 0 Å². The molecular weight excluding hydrogens is 268 g/mol. The molecule has 4 nitrogen and oxygen atoms in total. The van der Waals surface area contributed by atoms with Crippen molar-refractivity contribution in [2.24, 2.45) is 0 Å². The summed E-state index contributed by atoms with van der Waals surface area (Å²) in [5.74, 6) is 1.65. The molecular formula is C17H16O4. The third kappa shape index (κ3) is 2.45. The monoisotopic (exact) mass is 284 g/mol. The fourth-order valence-corrected chi connectivity index (χ4v) is 2.44. The fraction of sp³-hybridized carbons (Fsp3) is 0.176. The van der Waals surface area contributed by atoms with Crippen molar-refractivity contribution in [1.29, 1.82) is 0 Å². The molecule has 0 aliphatic rings. The van der Waals surface area contributed by atoms with Gasteiger partial charge in [0.15, 0.2) is 6.79 Å². The van der Waals surface area contributed by atoms with Gasteiger partial charge in [-0.3, -0.25) is 0 Å². The van der Waals surface area contributed by atoms with Gasteiger partial charge >= 0.3 is 0 Å². The van der Waals surface area contributed by atoms with Crippen molar-refractivity contribution in [2.75, 3.05) is 21.0 Å².